The fourth-order valence-electron chi connectivity index (χ4n) is 3.59. The average molecular weight is 355 g/mol. The summed E-state index contributed by atoms with van der Waals surface area (Å²) in [6.45, 7) is 0.984. The van der Waals surface area contributed by atoms with E-state index in [1.807, 2.05) is 30.3 Å². The molecule has 4 rings (SSSR count). The van der Waals surface area contributed by atoms with E-state index in [2.05, 4.69) is 0 Å². The maximum absolute atomic E-state index is 14.0. The molecule has 0 spiro atoms. The first kappa shape index (κ1) is 17.0. The minimum absolute atomic E-state index is 0.00299. The zero-order valence-corrected chi connectivity index (χ0v) is 14.7. The fraction of sp³-hybridized carbons (Fsp3) is 0.381. The second-order valence-corrected chi connectivity index (χ2v) is 6.94. The molecule has 1 saturated carbocycles. The number of morpholine rings is 1. The van der Waals surface area contributed by atoms with Crippen molar-refractivity contribution in [2.24, 2.45) is 5.92 Å². The van der Waals surface area contributed by atoms with Crippen LogP contribution in [0.5, 0.6) is 5.75 Å². The van der Waals surface area contributed by atoms with Crippen LogP contribution in [0.25, 0.3) is 0 Å². The van der Waals surface area contributed by atoms with Gasteiger partial charge in [0.1, 0.15) is 6.10 Å². The van der Waals surface area contributed by atoms with E-state index in [-0.39, 0.29) is 29.4 Å². The lowest BCUT2D eigenvalue weighted by Gasteiger charge is -2.38. The first-order valence-corrected chi connectivity index (χ1v) is 8.99. The first-order valence-electron chi connectivity index (χ1n) is 8.99. The second-order valence-electron chi connectivity index (χ2n) is 6.94. The molecule has 0 bridgehead atoms. The molecule has 0 radical (unpaired) electrons. The molecule has 0 N–H and O–H groups in total. The Morgan fingerprint density at radius 2 is 1.88 bits per heavy atom. The van der Waals surface area contributed by atoms with Crippen LogP contribution in [-0.2, 0) is 4.74 Å². The van der Waals surface area contributed by atoms with Crippen LogP contribution in [0.15, 0.2) is 48.5 Å². The summed E-state index contributed by atoms with van der Waals surface area (Å²) >= 11 is 0. The van der Waals surface area contributed by atoms with E-state index in [0.717, 1.165) is 18.4 Å². The summed E-state index contributed by atoms with van der Waals surface area (Å²) in [5, 5.41) is 0. The summed E-state index contributed by atoms with van der Waals surface area (Å²) in [6.07, 6.45) is 2.13. The number of halogens is 1. The Morgan fingerprint density at radius 1 is 1.12 bits per heavy atom. The fourth-order valence-corrected chi connectivity index (χ4v) is 3.59. The summed E-state index contributed by atoms with van der Waals surface area (Å²) in [7, 11) is 1.38. The third-order valence-corrected chi connectivity index (χ3v) is 5.13. The van der Waals surface area contributed by atoms with Crippen molar-refractivity contribution in [3.63, 3.8) is 0 Å². The molecule has 2 aromatic carbocycles. The molecule has 2 fully saturated rings. The van der Waals surface area contributed by atoms with E-state index < -0.39 is 5.82 Å². The van der Waals surface area contributed by atoms with Crippen LogP contribution in [0.1, 0.15) is 34.9 Å². The molecule has 2 atom stereocenters. The number of rotatable bonds is 4. The Kier molecular flexibility index (Phi) is 4.64. The number of para-hydroxylation sites is 1. The van der Waals surface area contributed by atoms with Gasteiger partial charge in [-0.05, 0) is 36.5 Å². The van der Waals surface area contributed by atoms with Gasteiger partial charge in [-0.2, -0.15) is 0 Å². The zero-order valence-electron chi connectivity index (χ0n) is 14.7. The molecule has 5 heteroatoms. The van der Waals surface area contributed by atoms with Crippen molar-refractivity contribution >= 4 is 5.91 Å². The van der Waals surface area contributed by atoms with Crippen molar-refractivity contribution < 1.29 is 18.7 Å². The van der Waals surface area contributed by atoms with Gasteiger partial charge in [-0.1, -0.05) is 36.4 Å². The number of nitrogens with zero attached hydrogens (tertiary/aromatic N) is 1. The van der Waals surface area contributed by atoms with Gasteiger partial charge in [-0.15, -0.1) is 0 Å². The van der Waals surface area contributed by atoms with E-state index in [4.69, 9.17) is 9.47 Å². The van der Waals surface area contributed by atoms with Gasteiger partial charge >= 0.3 is 0 Å². The van der Waals surface area contributed by atoms with Crippen LogP contribution in [0.2, 0.25) is 0 Å². The van der Waals surface area contributed by atoms with Crippen molar-refractivity contribution in [3.8, 4) is 5.75 Å². The third-order valence-electron chi connectivity index (χ3n) is 5.13. The maximum atomic E-state index is 14.0. The van der Waals surface area contributed by atoms with Gasteiger partial charge < -0.3 is 14.4 Å². The summed E-state index contributed by atoms with van der Waals surface area (Å²) in [6, 6.07) is 14.4. The van der Waals surface area contributed by atoms with E-state index >= 15 is 0 Å². The van der Waals surface area contributed by atoms with Crippen LogP contribution in [0.3, 0.4) is 0 Å². The number of hydrogen-bond donors (Lipinski definition) is 0. The maximum Gasteiger partial charge on any atom is 0.257 e. The largest absolute Gasteiger partial charge is 0.493 e. The predicted molar refractivity (Wildman–Crippen MR) is 95.6 cm³/mol. The van der Waals surface area contributed by atoms with Gasteiger partial charge in [0.2, 0.25) is 0 Å². The summed E-state index contributed by atoms with van der Waals surface area (Å²) in [5.74, 6) is -0.226. The summed E-state index contributed by atoms with van der Waals surface area (Å²) < 4.78 is 25.4. The average Bonchev–Trinajstić information content (AvgIpc) is 3.53. The number of amides is 1. The Balaban J connectivity index is 1.62. The minimum Gasteiger partial charge on any atom is -0.493 e. The van der Waals surface area contributed by atoms with Gasteiger partial charge in [0, 0.05) is 6.54 Å². The van der Waals surface area contributed by atoms with Crippen LogP contribution in [0, 0.1) is 11.7 Å². The molecular weight excluding hydrogens is 333 g/mol. The number of ether oxygens (including phenoxy) is 2. The lowest BCUT2D eigenvalue weighted by Crippen LogP contribution is -2.47. The normalized spacial score (nSPS) is 22.9. The van der Waals surface area contributed by atoms with Crippen LogP contribution in [-0.4, -0.2) is 37.1 Å². The van der Waals surface area contributed by atoms with Gasteiger partial charge in [0.05, 0.1) is 25.3 Å². The molecule has 1 aliphatic heterocycles. The second kappa shape index (κ2) is 7.08. The monoisotopic (exact) mass is 355 g/mol. The van der Waals surface area contributed by atoms with Gasteiger partial charge in [-0.3, -0.25) is 4.79 Å². The van der Waals surface area contributed by atoms with Crippen molar-refractivity contribution in [1.29, 1.82) is 0 Å². The molecule has 1 heterocycles. The number of carbonyl (C=O) groups is 1. The van der Waals surface area contributed by atoms with E-state index in [1.54, 1.807) is 17.0 Å². The van der Waals surface area contributed by atoms with Crippen LogP contribution < -0.4 is 4.74 Å². The van der Waals surface area contributed by atoms with Crippen molar-refractivity contribution in [2.75, 3.05) is 20.2 Å². The molecular formula is C21H22FNO3. The van der Waals surface area contributed by atoms with E-state index in [9.17, 15) is 9.18 Å². The van der Waals surface area contributed by atoms with E-state index in [0.29, 0.717) is 19.0 Å². The molecule has 136 valence electrons. The Morgan fingerprint density at radius 3 is 2.58 bits per heavy atom. The number of hydrogen-bond acceptors (Lipinski definition) is 3. The number of carbonyl (C=O) groups excluding carboxylic acids is 1. The Labute approximate surface area is 152 Å². The SMILES string of the molecule is COc1c(F)cccc1C(=O)N1C[C@@H](c2ccccc2)O[C@@H](C2CC2)C1. The lowest BCUT2D eigenvalue weighted by molar-refractivity contribution is -0.0864. The minimum atomic E-state index is -0.523. The molecule has 1 saturated heterocycles. The van der Waals surface area contributed by atoms with Crippen molar-refractivity contribution in [1.82, 2.24) is 4.90 Å². The highest BCUT2D eigenvalue weighted by molar-refractivity contribution is 5.97. The van der Waals surface area contributed by atoms with Crippen molar-refractivity contribution in [2.45, 2.75) is 25.0 Å². The summed E-state index contributed by atoms with van der Waals surface area (Å²) in [4.78, 5) is 14.9. The zero-order chi connectivity index (χ0) is 18.1. The lowest BCUT2D eigenvalue weighted by atomic mass is 10.0. The van der Waals surface area contributed by atoms with Gasteiger partial charge in [0.15, 0.2) is 11.6 Å². The standard InChI is InChI=1S/C21H22FNO3/c1-25-20-16(8-5-9-17(20)22)21(24)23-12-18(14-6-3-2-4-7-14)26-19(13-23)15-10-11-15/h2-9,15,18-19H,10-13H2,1H3/t18-,19+/m0/s1. The molecule has 26 heavy (non-hydrogen) atoms. The number of methoxy groups -OCH3 is 1. The Bertz CT molecular complexity index is 791. The molecule has 4 nitrogen and oxygen atoms in total. The molecule has 1 aliphatic carbocycles. The van der Waals surface area contributed by atoms with E-state index in [1.165, 1.54) is 13.2 Å². The Hall–Kier alpha value is -2.40. The summed E-state index contributed by atoms with van der Waals surface area (Å²) in [5.41, 5.74) is 1.32. The molecule has 0 unspecified atom stereocenters. The first-order chi connectivity index (χ1) is 12.7. The molecule has 0 aromatic heterocycles. The highest BCUT2D eigenvalue weighted by Gasteiger charge is 2.40. The van der Waals surface area contributed by atoms with Gasteiger partial charge in [-0.25, -0.2) is 4.39 Å². The predicted octanol–water partition coefficient (Wildman–Crippen LogP) is 3.83. The van der Waals surface area contributed by atoms with Gasteiger partial charge in [0.25, 0.3) is 5.91 Å². The highest BCUT2D eigenvalue weighted by Crippen LogP contribution is 2.40. The highest BCUT2D eigenvalue weighted by atomic mass is 19.1. The molecule has 2 aromatic rings. The number of benzene rings is 2. The topological polar surface area (TPSA) is 38.8 Å². The smallest absolute Gasteiger partial charge is 0.257 e. The molecule has 2 aliphatic rings. The van der Waals surface area contributed by atoms with Crippen LogP contribution in [0.4, 0.5) is 4.39 Å². The van der Waals surface area contributed by atoms with Crippen molar-refractivity contribution in [3.05, 3.63) is 65.5 Å². The molecule has 1 amide bonds. The van der Waals surface area contributed by atoms with Crippen LogP contribution >= 0.6 is 0 Å². The third kappa shape index (κ3) is 3.31. The quantitative estimate of drug-likeness (QED) is 0.837.